The molecule has 28 heavy (non-hydrogen) atoms. The maximum Gasteiger partial charge on any atom is 0.244 e. The summed E-state index contributed by atoms with van der Waals surface area (Å²) >= 11 is 0. The second kappa shape index (κ2) is 9.66. The molecule has 0 spiro atoms. The van der Waals surface area contributed by atoms with Crippen LogP contribution in [0.2, 0.25) is 0 Å². The molecular formula is C20H28N4O4. The van der Waals surface area contributed by atoms with Crippen molar-refractivity contribution in [2.45, 2.75) is 38.2 Å². The van der Waals surface area contributed by atoms with Gasteiger partial charge in [0, 0.05) is 32.5 Å². The zero-order valence-electron chi connectivity index (χ0n) is 16.1. The van der Waals surface area contributed by atoms with E-state index in [1.165, 1.54) is 4.90 Å². The Morgan fingerprint density at radius 1 is 1.14 bits per heavy atom. The van der Waals surface area contributed by atoms with Gasteiger partial charge in [0.1, 0.15) is 6.54 Å². The van der Waals surface area contributed by atoms with E-state index in [1.807, 2.05) is 6.07 Å². The van der Waals surface area contributed by atoms with Gasteiger partial charge in [0.25, 0.3) is 0 Å². The summed E-state index contributed by atoms with van der Waals surface area (Å²) in [6, 6.07) is 7.18. The standard InChI is InChI=1S/C20H28N4O4/c21-10-3-13-28-15-8-11-23(12-9-15)19(26)6-7-20(27)24-14-18(25)22-16-4-1-2-5-17(16)24/h1-2,4-5,15H,3,6-14,21H2,(H,22,25). The number of nitrogens with one attached hydrogen (secondary N) is 1. The Balaban J connectivity index is 1.46. The number of ether oxygens (including phenoxy) is 1. The molecule has 1 aromatic rings. The van der Waals surface area contributed by atoms with E-state index >= 15 is 0 Å². The highest BCUT2D eigenvalue weighted by Gasteiger charge is 2.28. The molecule has 2 aliphatic rings. The normalized spacial score (nSPS) is 17.2. The third kappa shape index (κ3) is 5.08. The summed E-state index contributed by atoms with van der Waals surface area (Å²) in [6.07, 6.45) is 2.89. The molecule has 2 heterocycles. The number of amides is 3. The predicted octanol–water partition coefficient (Wildman–Crippen LogP) is 1.11. The van der Waals surface area contributed by atoms with Crippen LogP contribution in [0.25, 0.3) is 0 Å². The van der Waals surface area contributed by atoms with E-state index in [-0.39, 0.29) is 43.2 Å². The van der Waals surface area contributed by atoms with E-state index in [0.717, 1.165) is 19.3 Å². The van der Waals surface area contributed by atoms with Crippen LogP contribution < -0.4 is 16.0 Å². The zero-order chi connectivity index (χ0) is 19.9. The van der Waals surface area contributed by atoms with Gasteiger partial charge < -0.3 is 25.6 Å². The molecule has 8 heteroatoms. The number of carbonyl (C=O) groups is 3. The van der Waals surface area contributed by atoms with Crippen LogP contribution in [0.15, 0.2) is 24.3 Å². The molecule has 3 rings (SSSR count). The Labute approximate surface area is 165 Å². The van der Waals surface area contributed by atoms with Crippen LogP contribution in [0.1, 0.15) is 32.1 Å². The van der Waals surface area contributed by atoms with Gasteiger partial charge in [-0.15, -0.1) is 0 Å². The summed E-state index contributed by atoms with van der Waals surface area (Å²) in [5, 5.41) is 2.76. The fourth-order valence-corrected chi connectivity index (χ4v) is 3.57. The topological polar surface area (TPSA) is 105 Å². The second-order valence-electron chi connectivity index (χ2n) is 7.14. The first-order valence-corrected chi connectivity index (χ1v) is 9.87. The smallest absolute Gasteiger partial charge is 0.244 e. The Morgan fingerprint density at radius 2 is 1.86 bits per heavy atom. The van der Waals surface area contributed by atoms with Crippen LogP contribution in [0.5, 0.6) is 0 Å². The summed E-state index contributed by atoms with van der Waals surface area (Å²) in [5.74, 6) is -0.464. The molecule has 8 nitrogen and oxygen atoms in total. The lowest BCUT2D eigenvalue weighted by atomic mass is 10.1. The van der Waals surface area contributed by atoms with Gasteiger partial charge in [-0.05, 0) is 37.9 Å². The fourth-order valence-electron chi connectivity index (χ4n) is 3.57. The Morgan fingerprint density at radius 3 is 2.61 bits per heavy atom. The van der Waals surface area contributed by atoms with Crippen molar-refractivity contribution in [3.05, 3.63) is 24.3 Å². The van der Waals surface area contributed by atoms with Crippen molar-refractivity contribution in [1.29, 1.82) is 0 Å². The average Bonchev–Trinajstić information content (AvgIpc) is 2.71. The van der Waals surface area contributed by atoms with Gasteiger partial charge in [0.2, 0.25) is 17.7 Å². The van der Waals surface area contributed by atoms with Crippen molar-refractivity contribution < 1.29 is 19.1 Å². The molecule has 0 saturated carbocycles. The second-order valence-corrected chi connectivity index (χ2v) is 7.14. The Hall–Kier alpha value is -2.45. The lowest BCUT2D eigenvalue weighted by Crippen LogP contribution is -2.43. The minimum absolute atomic E-state index is 0.0183. The first-order chi connectivity index (χ1) is 13.6. The molecule has 3 N–H and O–H groups in total. The number of nitrogens with zero attached hydrogens (tertiary/aromatic N) is 2. The molecule has 0 aliphatic carbocycles. The predicted molar refractivity (Wildman–Crippen MR) is 106 cm³/mol. The van der Waals surface area contributed by atoms with Gasteiger partial charge in [0.15, 0.2) is 0 Å². The molecule has 0 atom stereocenters. The van der Waals surface area contributed by atoms with Crippen molar-refractivity contribution in [3.63, 3.8) is 0 Å². The summed E-state index contributed by atoms with van der Waals surface area (Å²) in [5.41, 5.74) is 6.76. The van der Waals surface area contributed by atoms with Crippen molar-refractivity contribution in [2.75, 3.05) is 43.0 Å². The highest BCUT2D eigenvalue weighted by Crippen LogP contribution is 2.29. The largest absolute Gasteiger partial charge is 0.378 e. The number of hydrogen-bond acceptors (Lipinski definition) is 5. The summed E-state index contributed by atoms with van der Waals surface area (Å²) < 4.78 is 5.76. The monoisotopic (exact) mass is 388 g/mol. The molecule has 3 amide bonds. The number of hydrogen-bond donors (Lipinski definition) is 2. The molecule has 0 aromatic heterocycles. The van der Waals surface area contributed by atoms with Crippen molar-refractivity contribution >= 4 is 29.1 Å². The molecule has 0 unspecified atom stereocenters. The van der Waals surface area contributed by atoms with E-state index in [4.69, 9.17) is 10.5 Å². The first-order valence-electron chi connectivity index (χ1n) is 9.87. The highest BCUT2D eigenvalue weighted by molar-refractivity contribution is 6.10. The van der Waals surface area contributed by atoms with Crippen molar-refractivity contribution in [2.24, 2.45) is 5.73 Å². The lowest BCUT2D eigenvalue weighted by Gasteiger charge is -2.32. The summed E-state index contributed by atoms with van der Waals surface area (Å²) in [7, 11) is 0. The third-order valence-corrected chi connectivity index (χ3v) is 5.12. The number of para-hydroxylation sites is 2. The van der Waals surface area contributed by atoms with Gasteiger partial charge in [-0.2, -0.15) is 0 Å². The number of carbonyl (C=O) groups excluding carboxylic acids is 3. The maximum atomic E-state index is 12.6. The number of fused-ring (bicyclic) bond motifs is 1. The van der Waals surface area contributed by atoms with Crippen LogP contribution in [0.4, 0.5) is 11.4 Å². The number of piperidine rings is 1. The quantitative estimate of drug-likeness (QED) is 0.681. The van der Waals surface area contributed by atoms with Crippen molar-refractivity contribution in [3.8, 4) is 0 Å². The molecule has 0 radical (unpaired) electrons. The van der Waals surface area contributed by atoms with Crippen molar-refractivity contribution in [1.82, 2.24) is 4.90 Å². The fraction of sp³-hybridized carbons (Fsp3) is 0.550. The molecule has 1 aromatic carbocycles. The maximum absolute atomic E-state index is 12.6. The molecule has 1 saturated heterocycles. The molecule has 152 valence electrons. The zero-order valence-corrected chi connectivity index (χ0v) is 16.1. The summed E-state index contributed by atoms with van der Waals surface area (Å²) in [4.78, 5) is 40.2. The van der Waals surface area contributed by atoms with Crippen LogP contribution in [-0.2, 0) is 19.1 Å². The third-order valence-electron chi connectivity index (χ3n) is 5.12. The van der Waals surface area contributed by atoms with Crippen LogP contribution in [0, 0.1) is 0 Å². The van der Waals surface area contributed by atoms with E-state index < -0.39 is 0 Å². The number of benzene rings is 1. The Bertz CT molecular complexity index is 716. The molecular weight excluding hydrogens is 360 g/mol. The van der Waals surface area contributed by atoms with Gasteiger partial charge in [0.05, 0.1) is 17.5 Å². The average molecular weight is 388 g/mol. The van der Waals surface area contributed by atoms with Crippen LogP contribution in [0.3, 0.4) is 0 Å². The van der Waals surface area contributed by atoms with Gasteiger partial charge in [-0.25, -0.2) is 0 Å². The highest BCUT2D eigenvalue weighted by atomic mass is 16.5. The minimum Gasteiger partial charge on any atom is -0.378 e. The first kappa shape index (κ1) is 20.3. The SMILES string of the molecule is NCCCOC1CCN(C(=O)CCC(=O)N2CC(=O)Nc3ccccc32)CC1. The van der Waals surface area contributed by atoms with Gasteiger partial charge in [-0.3, -0.25) is 14.4 Å². The van der Waals surface area contributed by atoms with Crippen LogP contribution >= 0.6 is 0 Å². The van der Waals surface area contributed by atoms with Gasteiger partial charge >= 0.3 is 0 Å². The van der Waals surface area contributed by atoms with E-state index in [9.17, 15) is 14.4 Å². The number of likely N-dealkylation sites (tertiary alicyclic amines) is 1. The van der Waals surface area contributed by atoms with Gasteiger partial charge in [-0.1, -0.05) is 12.1 Å². The van der Waals surface area contributed by atoms with E-state index in [2.05, 4.69) is 5.32 Å². The lowest BCUT2D eigenvalue weighted by molar-refractivity contribution is -0.135. The number of anilines is 2. The minimum atomic E-state index is -0.227. The number of rotatable bonds is 7. The van der Waals surface area contributed by atoms with E-state index in [0.29, 0.717) is 37.6 Å². The van der Waals surface area contributed by atoms with Crippen LogP contribution in [-0.4, -0.2) is 61.5 Å². The molecule has 2 aliphatic heterocycles. The summed E-state index contributed by atoms with van der Waals surface area (Å²) in [6.45, 7) is 2.56. The Kier molecular flexibility index (Phi) is 7.00. The van der Waals surface area contributed by atoms with E-state index in [1.54, 1.807) is 23.1 Å². The number of nitrogens with two attached hydrogens (primary N) is 1. The molecule has 0 bridgehead atoms. The molecule has 1 fully saturated rings.